The van der Waals surface area contributed by atoms with Gasteiger partial charge in [-0.1, -0.05) is 12.1 Å². The highest BCUT2D eigenvalue weighted by Gasteiger charge is 2.04. The van der Waals surface area contributed by atoms with Crippen molar-refractivity contribution in [3.05, 3.63) is 48.3 Å². The van der Waals surface area contributed by atoms with Crippen LogP contribution < -0.4 is 4.74 Å². The SMILES string of the molecule is COc1ccc(-c2ccncc2C#N)cc1. The molecule has 0 spiro atoms. The van der Waals surface area contributed by atoms with E-state index in [1.54, 1.807) is 19.5 Å². The monoisotopic (exact) mass is 210 g/mol. The Hall–Kier alpha value is -2.34. The van der Waals surface area contributed by atoms with E-state index in [-0.39, 0.29) is 0 Å². The Bertz CT molecular complexity index is 526. The lowest BCUT2D eigenvalue weighted by Gasteiger charge is -2.04. The first-order valence-electron chi connectivity index (χ1n) is 4.83. The zero-order chi connectivity index (χ0) is 11.4. The van der Waals surface area contributed by atoms with Gasteiger partial charge in [-0.2, -0.15) is 5.26 Å². The lowest BCUT2D eigenvalue weighted by Crippen LogP contribution is -1.86. The number of benzene rings is 1. The van der Waals surface area contributed by atoms with Crippen molar-refractivity contribution in [3.8, 4) is 22.9 Å². The first kappa shape index (κ1) is 10.2. The molecule has 0 unspecified atom stereocenters. The van der Waals surface area contributed by atoms with Crippen LogP contribution in [0.4, 0.5) is 0 Å². The average molecular weight is 210 g/mol. The van der Waals surface area contributed by atoms with E-state index in [0.717, 1.165) is 16.9 Å². The molecule has 1 heterocycles. The summed E-state index contributed by atoms with van der Waals surface area (Å²) in [5, 5.41) is 8.97. The van der Waals surface area contributed by atoms with Crippen LogP contribution >= 0.6 is 0 Å². The molecule has 1 aromatic heterocycles. The van der Waals surface area contributed by atoms with Crippen molar-refractivity contribution in [3.63, 3.8) is 0 Å². The van der Waals surface area contributed by atoms with E-state index >= 15 is 0 Å². The number of aromatic nitrogens is 1. The average Bonchev–Trinajstić information content (AvgIpc) is 2.39. The summed E-state index contributed by atoms with van der Waals surface area (Å²) in [5.74, 6) is 0.802. The molecule has 3 heteroatoms. The molecule has 0 fully saturated rings. The van der Waals surface area contributed by atoms with Crippen molar-refractivity contribution < 1.29 is 4.74 Å². The largest absolute Gasteiger partial charge is 0.497 e. The highest BCUT2D eigenvalue weighted by Crippen LogP contribution is 2.24. The normalized spacial score (nSPS) is 9.50. The fraction of sp³-hybridized carbons (Fsp3) is 0.0769. The zero-order valence-corrected chi connectivity index (χ0v) is 8.84. The first-order chi connectivity index (χ1) is 7.85. The zero-order valence-electron chi connectivity index (χ0n) is 8.84. The summed E-state index contributed by atoms with van der Waals surface area (Å²) in [6.45, 7) is 0. The molecule has 0 N–H and O–H groups in total. The van der Waals surface area contributed by atoms with Gasteiger partial charge in [0.15, 0.2) is 0 Å². The fourth-order valence-corrected chi connectivity index (χ4v) is 1.51. The van der Waals surface area contributed by atoms with E-state index in [2.05, 4.69) is 11.1 Å². The van der Waals surface area contributed by atoms with Gasteiger partial charge in [0.05, 0.1) is 12.7 Å². The lowest BCUT2D eigenvalue weighted by molar-refractivity contribution is 0.415. The molecule has 3 nitrogen and oxygen atoms in total. The summed E-state index contributed by atoms with van der Waals surface area (Å²) in [4.78, 5) is 3.93. The Morgan fingerprint density at radius 1 is 1.19 bits per heavy atom. The molecular formula is C13H10N2O. The van der Waals surface area contributed by atoms with E-state index in [0.29, 0.717) is 5.56 Å². The maximum Gasteiger partial charge on any atom is 0.118 e. The number of rotatable bonds is 2. The standard InChI is InChI=1S/C13H10N2O/c1-16-12-4-2-10(3-5-12)13-6-7-15-9-11(13)8-14/h2-7,9H,1H3. The number of methoxy groups -OCH3 is 1. The van der Waals surface area contributed by atoms with Gasteiger partial charge in [0.25, 0.3) is 0 Å². The number of ether oxygens (including phenoxy) is 1. The highest BCUT2D eigenvalue weighted by molar-refractivity contribution is 5.70. The third-order valence-corrected chi connectivity index (χ3v) is 2.34. The summed E-state index contributed by atoms with van der Waals surface area (Å²) in [7, 11) is 1.63. The quantitative estimate of drug-likeness (QED) is 0.765. The van der Waals surface area contributed by atoms with Crippen molar-refractivity contribution in [1.29, 1.82) is 5.26 Å². The second-order valence-electron chi connectivity index (χ2n) is 3.26. The maximum absolute atomic E-state index is 8.97. The Balaban J connectivity index is 2.47. The molecule has 0 saturated heterocycles. The van der Waals surface area contributed by atoms with Crippen molar-refractivity contribution in [1.82, 2.24) is 4.98 Å². The van der Waals surface area contributed by atoms with Gasteiger partial charge >= 0.3 is 0 Å². The number of nitrogens with zero attached hydrogens (tertiary/aromatic N) is 2. The van der Waals surface area contributed by atoms with E-state index in [9.17, 15) is 0 Å². The smallest absolute Gasteiger partial charge is 0.118 e. The summed E-state index contributed by atoms with van der Waals surface area (Å²) < 4.78 is 5.08. The molecule has 0 amide bonds. The predicted octanol–water partition coefficient (Wildman–Crippen LogP) is 2.63. The second-order valence-corrected chi connectivity index (χ2v) is 3.26. The van der Waals surface area contributed by atoms with Gasteiger partial charge in [-0.15, -0.1) is 0 Å². The van der Waals surface area contributed by atoms with Crippen LogP contribution in [0.2, 0.25) is 0 Å². The molecule has 0 aliphatic carbocycles. The minimum absolute atomic E-state index is 0.577. The Morgan fingerprint density at radius 3 is 2.56 bits per heavy atom. The molecule has 16 heavy (non-hydrogen) atoms. The fourth-order valence-electron chi connectivity index (χ4n) is 1.51. The van der Waals surface area contributed by atoms with Crippen LogP contribution in [-0.2, 0) is 0 Å². The van der Waals surface area contributed by atoms with Gasteiger partial charge < -0.3 is 4.74 Å². The molecule has 78 valence electrons. The van der Waals surface area contributed by atoms with Gasteiger partial charge in [-0.05, 0) is 23.8 Å². The maximum atomic E-state index is 8.97. The summed E-state index contributed by atoms with van der Waals surface area (Å²) in [6.07, 6.45) is 3.25. The molecule has 0 aliphatic heterocycles. The van der Waals surface area contributed by atoms with Crippen LogP contribution in [0.25, 0.3) is 11.1 Å². The van der Waals surface area contributed by atoms with Crippen LogP contribution in [0.3, 0.4) is 0 Å². The molecule has 0 radical (unpaired) electrons. The number of nitriles is 1. The van der Waals surface area contributed by atoms with Crippen molar-refractivity contribution in [2.24, 2.45) is 0 Å². The summed E-state index contributed by atoms with van der Waals surface area (Å²) in [6, 6.07) is 11.6. The van der Waals surface area contributed by atoms with Crippen LogP contribution in [0.5, 0.6) is 5.75 Å². The van der Waals surface area contributed by atoms with Crippen molar-refractivity contribution in [2.75, 3.05) is 7.11 Å². The van der Waals surface area contributed by atoms with Crippen LogP contribution in [-0.4, -0.2) is 12.1 Å². The van der Waals surface area contributed by atoms with Crippen LogP contribution in [0, 0.1) is 11.3 Å². The van der Waals surface area contributed by atoms with Gasteiger partial charge in [0, 0.05) is 18.0 Å². The minimum atomic E-state index is 0.577. The van der Waals surface area contributed by atoms with E-state index in [1.165, 1.54) is 0 Å². The minimum Gasteiger partial charge on any atom is -0.497 e. The topological polar surface area (TPSA) is 45.9 Å². The Morgan fingerprint density at radius 2 is 1.94 bits per heavy atom. The summed E-state index contributed by atoms with van der Waals surface area (Å²) >= 11 is 0. The summed E-state index contributed by atoms with van der Waals surface area (Å²) in [5.41, 5.74) is 2.45. The van der Waals surface area contributed by atoms with E-state index < -0.39 is 0 Å². The Kier molecular flexibility index (Phi) is 2.84. The molecular weight excluding hydrogens is 200 g/mol. The van der Waals surface area contributed by atoms with E-state index in [1.807, 2.05) is 30.3 Å². The van der Waals surface area contributed by atoms with Gasteiger partial charge in [0.1, 0.15) is 11.8 Å². The third kappa shape index (κ3) is 1.86. The molecule has 0 atom stereocenters. The number of hydrogen-bond donors (Lipinski definition) is 0. The Labute approximate surface area is 93.9 Å². The molecule has 2 rings (SSSR count). The number of pyridine rings is 1. The van der Waals surface area contributed by atoms with Crippen molar-refractivity contribution >= 4 is 0 Å². The lowest BCUT2D eigenvalue weighted by atomic mass is 10.0. The molecule has 0 aliphatic rings. The second kappa shape index (κ2) is 4.45. The molecule has 0 saturated carbocycles. The third-order valence-electron chi connectivity index (χ3n) is 2.34. The van der Waals surface area contributed by atoms with E-state index in [4.69, 9.17) is 10.00 Å². The molecule has 0 bridgehead atoms. The van der Waals surface area contributed by atoms with Crippen molar-refractivity contribution in [2.45, 2.75) is 0 Å². The van der Waals surface area contributed by atoms with Crippen LogP contribution in [0.15, 0.2) is 42.7 Å². The predicted molar refractivity (Wildman–Crippen MR) is 60.9 cm³/mol. The van der Waals surface area contributed by atoms with Gasteiger partial charge in [-0.3, -0.25) is 4.98 Å². The number of hydrogen-bond acceptors (Lipinski definition) is 3. The molecule has 1 aromatic carbocycles. The molecule has 2 aromatic rings. The van der Waals surface area contributed by atoms with Crippen LogP contribution in [0.1, 0.15) is 5.56 Å². The van der Waals surface area contributed by atoms with Gasteiger partial charge in [-0.25, -0.2) is 0 Å². The van der Waals surface area contributed by atoms with Gasteiger partial charge in [0.2, 0.25) is 0 Å². The first-order valence-corrected chi connectivity index (χ1v) is 4.83. The highest BCUT2D eigenvalue weighted by atomic mass is 16.5.